The third-order valence-corrected chi connectivity index (χ3v) is 6.79. The van der Waals surface area contributed by atoms with Crippen molar-refractivity contribution in [1.82, 2.24) is 19.6 Å². The molecule has 0 spiro atoms. The Morgan fingerprint density at radius 2 is 2.18 bits per heavy atom. The number of anilines is 1. The first-order valence-corrected chi connectivity index (χ1v) is 11.7. The van der Waals surface area contributed by atoms with Gasteiger partial charge in [-0.05, 0) is 11.6 Å². The van der Waals surface area contributed by atoms with Gasteiger partial charge in [0.1, 0.15) is 18.5 Å². The topological polar surface area (TPSA) is 167 Å². The molecule has 4 heterocycles. The van der Waals surface area contributed by atoms with E-state index in [-0.39, 0.29) is 22.4 Å². The zero-order chi connectivity index (χ0) is 24.2. The quantitative estimate of drug-likeness (QED) is 0.188. The molecule has 12 nitrogen and oxygen atoms in total. The van der Waals surface area contributed by atoms with Gasteiger partial charge in [-0.3, -0.25) is 14.5 Å². The maximum absolute atomic E-state index is 12.8. The van der Waals surface area contributed by atoms with Gasteiger partial charge < -0.3 is 25.8 Å². The minimum absolute atomic E-state index is 0.0409. The summed E-state index contributed by atoms with van der Waals surface area (Å²) in [4.78, 5) is 47.2. The van der Waals surface area contributed by atoms with E-state index >= 15 is 0 Å². The highest BCUT2D eigenvalue weighted by Crippen LogP contribution is 2.40. The molecular formula is C20H19N7O5S2. The number of carbonyl (C=O) groups excluding carboxylic acids is 3. The van der Waals surface area contributed by atoms with Gasteiger partial charge in [0.25, 0.3) is 11.8 Å². The van der Waals surface area contributed by atoms with E-state index in [0.717, 1.165) is 16.4 Å². The highest BCUT2D eigenvalue weighted by molar-refractivity contribution is 8.00. The van der Waals surface area contributed by atoms with Gasteiger partial charge in [-0.1, -0.05) is 17.3 Å². The minimum Gasteiger partial charge on any atom is -0.543 e. The van der Waals surface area contributed by atoms with Crippen molar-refractivity contribution in [3.8, 4) is 0 Å². The smallest absolute Gasteiger partial charge is 0.278 e. The van der Waals surface area contributed by atoms with Gasteiger partial charge >= 0.3 is 0 Å². The molecule has 0 aliphatic carbocycles. The molecule has 3 N–H and O–H groups in total. The van der Waals surface area contributed by atoms with Crippen molar-refractivity contribution in [2.24, 2.45) is 5.16 Å². The molecule has 0 bridgehead atoms. The van der Waals surface area contributed by atoms with Crippen molar-refractivity contribution >= 4 is 51.9 Å². The number of nitrogen functional groups attached to an aromatic ring is 1. The number of pyridine rings is 1. The van der Waals surface area contributed by atoms with Crippen molar-refractivity contribution < 1.29 is 28.9 Å². The van der Waals surface area contributed by atoms with Crippen LogP contribution in [0.25, 0.3) is 0 Å². The van der Waals surface area contributed by atoms with Crippen molar-refractivity contribution in [1.29, 1.82) is 0 Å². The maximum atomic E-state index is 12.8. The van der Waals surface area contributed by atoms with Crippen LogP contribution in [-0.2, 0) is 25.8 Å². The number of hydrogen-bond donors (Lipinski definition) is 2. The van der Waals surface area contributed by atoms with Gasteiger partial charge in [0.2, 0.25) is 11.5 Å². The molecule has 1 saturated heterocycles. The van der Waals surface area contributed by atoms with Crippen LogP contribution in [-0.4, -0.2) is 62.0 Å². The van der Waals surface area contributed by atoms with Gasteiger partial charge in [0, 0.05) is 29.4 Å². The zero-order valence-corrected chi connectivity index (χ0v) is 19.4. The Morgan fingerprint density at radius 1 is 1.41 bits per heavy atom. The Labute approximate surface area is 202 Å². The minimum atomic E-state index is -1.46. The predicted molar refractivity (Wildman–Crippen MR) is 121 cm³/mol. The van der Waals surface area contributed by atoms with E-state index in [1.165, 1.54) is 18.9 Å². The Kier molecular flexibility index (Phi) is 6.88. The number of allylic oxidation sites excluding steroid dienone is 2. The molecule has 2 atom stereocenters. The lowest BCUT2D eigenvalue weighted by atomic mass is 10.0. The third-order valence-electron chi connectivity index (χ3n) is 4.94. The van der Waals surface area contributed by atoms with Crippen LogP contribution in [0.15, 0.2) is 59.2 Å². The molecule has 4 rings (SSSR count). The summed E-state index contributed by atoms with van der Waals surface area (Å²) in [6.07, 6.45) is 7.25. The molecule has 1 unspecified atom stereocenters. The maximum Gasteiger partial charge on any atom is 0.278 e. The largest absolute Gasteiger partial charge is 0.543 e. The van der Waals surface area contributed by atoms with Gasteiger partial charge in [-0.25, -0.2) is 4.57 Å². The first kappa shape index (κ1) is 23.4. The summed E-state index contributed by atoms with van der Waals surface area (Å²) in [5.74, 6) is -2.50. The predicted octanol–water partition coefficient (Wildman–Crippen LogP) is -1.58. The van der Waals surface area contributed by atoms with Crippen LogP contribution in [0.1, 0.15) is 5.82 Å². The Bertz CT molecular complexity index is 1210. The number of nitrogens with one attached hydrogen (secondary N) is 1. The van der Waals surface area contributed by atoms with E-state index in [1.807, 2.05) is 41.2 Å². The number of amides is 2. The van der Waals surface area contributed by atoms with Crippen LogP contribution in [0.5, 0.6) is 0 Å². The number of carboxylic acids is 1. The summed E-state index contributed by atoms with van der Waals surface area (Å²) in [7, 11) is 1.25. The number of rotatable bonds is 8. The first-order valence-electron chi connectivity index (χ1n) is 9.92. The second kappa shape index (κ2) is 10.0. The number of carboxylic acid groups (broad SMARTS) is 1. The standard InChI is InChI=1S/C20H19N7O5S2/c1-32-24-12(15-23-20(21)34-25-15)16(28)22-13-17(29)27-14(19(30)31)11(10-33-18(13)27)6-5-9-26-7-3-2-4-8-26/h2-8,13,18H,9-10H2,1H3,(H3-,21,22,23,25,28,30,31)/t13?,18-/m0/s1. The van der Waals surface area contributed by atoms with Gasteiger partial charge in [0.15, 0.2) is 24.1 Å². The summed E-state index contributed by atoms with van der Waals surface area (Å²) in [6, 6.07) is 4.70. The lowest BCUT2D eigenvalue weighted by molar-refractivity contribution is -0.687. The van der Waals surface area contributed by atoms with Crippen LogP contribution in [0.3, 0.4) is 0 Å². The molecule has 0 saturated carbocycles. The Morgan fingerprint density at radius 3 is 2.82 bits per heavy atom. The number of nitrogens with zero attached hydrogens (tertiary/aromatic N) is 5. The van der Waals surface area contributed by atoms with Gasteiger partial charge in [0.05, 0.1) is 11.7 Å². The lowest BCUT2D eigenvalue weighted by Gasteiger charge is -2.50. The van der Waals surface area contributed by atoms with E-state index in [0.29, 0.717) is 17.9 Å². The second-order valence-electron chi connectivity index (χ2n) is 7.08. The van der Waals surface area contributed by atoms with Crippen LogP contribution >= 0.6 is 23.3 Å². The molecule has 2 amide bonds. The third kappa shape index (κ3) is 4.63. The summed E-state index contributed by atoms with van der Waals surface area (Å²) in [5, 5.41) is 17.6. The van der Waals surface area contributed by atoms with Gasteiger partial charge in [-0.2, -0.15) is 9.36 Å². The fourth-order valence-corrected chi connectivity index (χ4v) is 5.20. The second-order valence-corrected chi connectivity index (χ2v) is 8.96. The number of thioether (sulfide) groups is 1. The molecule has 0 radical (unpaired) electrons. The van der Waals surface area contributed by atoms with Crippen molar-refractivity contribution in [3.63, 3.8) is 0 Å². The Hall–Kier alpha value is -3.78. The van der Waals surface area contributed by atoms with Crippen molar-refractivity contribution in [3.05, 3.63) is 59.8 Å². The molecule has 2 aliphatic heterocycles. The van der Waals surface area contributed by atoms with E-state index < -0.39 is 29.2 Å². The zero-order valence-electron chi connectivity index (χ0n) is 17.8. The van der Waals surface area contributed by atoms with E-state index in [9.17, 15) is 19.5 Å². The number of hydrogen-bond acceptors (Lipinski definition) is 11. The van der Waals surface area contributed by atoms with Crippen LogP contribution in [0.4, 0.5) is 5.13 Å². The fraction of sp³-hybridized carbons (Fsp3) is 0.250. The lowest BCUT2D eigenvalue weighted by Crippen LogP contribution is -2.71. The van der Waals surface area contributed by atoms with E-state index in [1.54, 1.807) is 6.08 Å². The molecule has 14 heteroatoms. The molecule has 176 valence electrons. The number of aromatic nitrogens is 3. The number of carbonyl (C=O) groups is 3. The Balaban J connectivity index is 1.49. The normalized spacial score (nSPS) is 20.2. The number of fused-ring (bicyclic) bond motifs is 1. The SMILES string of the molecule is CON=C(C(=O)NC1C(=O)N2C(C(=O)[O-])=C(C=CC[n+]3ccccc3)CS[C@@H]12)c1nsc(N)n1. The number of aliphatic carboxylic acids is 1. The van der Waals surface area contributed by atoms with Crippen molar-refractivity contribution in [2.75, 3.05) is 18.6 Å². The number of nitrogens with two attached hydrogens (primary N) is 1. The highest BCUT2D eigenvalue weighted by atomic mass is 32.2. The number of oxime groups is 1. The van der Waals surface area contributed by atoms with Crippen molar-refractivity contribution in [2.45, 2.75) is 18.0 Å². The molecular weight excluding hydrogens is 482 g/mol. The molecule has 1 fully saturated rings. The monoisotopic (exact) mass is 501 g/mol. The molecule has 34 heavy (non-hydrogen) atoms. The van der Waals surface area contributed by atoms with E-state index in [4.69, 9.17) is 10.6 Å². The first-order chi connectivity index (χ1) is 16.4. The molecule has 2 aliphatic rings. The van der Waals surface area contributed by atoms with Gasteiger partial charge in [-0.15, -0.1) is 11.8 Å². The number of β-lactam (4-membered cyclic amide) rings is 1. The molecule has 0 aromatic carbocycles. The summed E-state index contributed by atoms with van der Waals surface area (Å²) in [6.45, 7) is 0.530. The molecule has 2 aromatic rings. The summed E-state index contributed by atoms with van der Waals surface area (Å²) in [5.41, 5.74) is 5.57. The van der Waals surface area contributed by atoms with Crippen LogP contribution in [0, 0.1) is 0 Å². The average Bonchev–Trinajstić information content (AvgIpc) is 3.26. The van der Waals surface area contributed by atoms with Crippen LogP contribution < -0.4 is 20.7 Å². The molecule has 2 aromatic heterocycles. The fourth-order valence-electron chi connectivity index (χ4n) is 3.45. The average molecular weight is 502 g/mol. The van der Waals surface area contributed by atoms with E-state index in [2.05, 4.69) is 19.8 Å². The van der Waals surface area contributed by atoms with Crippen LogP contribution in [0.2, 0.25) is 0 Å². The highest BCUT2D eigenvalue weighted by Gasteiger charge is 2.53. The summed E-state index contributed by atoms with van der Waals surface area (Å²) < 4.78 is 5.85. The summed E-state index contributed by atoms with van der Waals surface area (Å²) >= 11 is 2.21.